The molecule has 5 nitrogen and oxygen atoms in total. The molecule has 1 amide bonds. The van der Waals surface area contributed by atoms with Crippen molar-refractivity contribution in [2.45, 2.75) is 18.4 Å². The van der Waals surface area contributed by atoms with Crippen LogP contribution in [0.1, 0.15) is 22.8 Å². The second-order valence-electron chi connectivity index (χ2n) is 6.82. The highest BCUT2D eigenvalue weighted by Gasteiger charge is 2.26. The molecule has 0 saturated heterocycles. The van der Waals surface area contributed by atoms with E-state index in [1.54, 1.807) is 43.4 Å². The van der Waals surface area contributed by atoms with E-state index >= 15 is 0 Å². The Balaban J connectivity index is 2.06. The summed E-state index contributed by atoms with van der Waals surface area (Å²) in [4.78, 5) is 14.1. The first-order chi connectivity index (χ1) is 14.3. The summed E-state index contributed by atoms with van der Waals surface area (Å²) in [5.41, 5.74) is 1.66. The van der Waals surface area contributed by atoms with Gasteiger partial charge in [0.1, 0.15) is 0 Å². The molecule has 0 atom stereocenters. The third-order valence-electron chi connectivity index (χ3n) is 4.77. The van der Waals surface area contributed by atoms with E-state index in [1.807, 2.05) is 37.3 Å². The maximum absolute atomic E-state index is 13.6. The van der Waals surface area contributed by atoms with E-state index in [2.05, 4.69) is 0 Å². The lowest BCUT2D eigenvalue weighted by Gasteiger charge is -2.25. The lowest BCUT2D eigenvalue weighted by molar-refractivity contribution is 0.0802. The van der Waals surface area contributed by atoms with Gasteiger partial charge in [-0.25, -0.2) is 8.42 Å². The molecule has 0 unspecified atom stereocenters. The first-order valence-corrected chi connectivity index (χ1v) is 11.3. The first kappa shape index (κ1) is 21.9. The maximum atomic E-state index is 13.6. The zero-order valence-corrected chi connectivity index (χ0v) is 18.4. The Morgan fingerprint density at radius 2 is 1.60 bits per heavy atom. The predicted octanol–water partition coefficient (Wildman–Crippen LogP) is 4.83. The molecule has 0 radical (unpaired) electrons. The average Bonchev–Trinajstić information content (AvgIpc) is 2.78. The highest BCUT2D eigenvalue weighted by atomic mass is 35.5. The summed E-state index contributed by atoms with van der Waals surface area (Å²) in [6.45, 7) is 2.54. The van der Waals surface area contributed by atoms with E-state index in [1.165, 1.54) is 21.3 Å². The van der Waals surface area contributed by atoms with Crippen LogP contribution in [0.25, 0.3) is 0 Å². The van der Waals surface area contributed by atoms with E-state index in [4.69, 9.17) is 11.6 Å². The van der Waals surface area contributed by atoms with Gasteiger partial charge in [-0.05, 0) is 55.0 Å². The van der Waals surface area contributed by atoms with Crippen LogP contribution < -0.4 is 4.31 Å². The molecule has 0 aliphatic heterocycles. The molecular weight excluding hydrogens is 420 g/mol. The largest absolute Gasteiger partial charge is 0.342 e. The van der Waals surface area contributed by atoms with Crippen molar-refractivity contribution in [1.82, 2.24) is 4.90 Å². The van der Waals surface area contributed by atoms with E-state index in [9.17, 15) is 13.2 Å². The van der Waals surface area contributed by atoms with E-state index in [0.717, 1.165) is 5.56 Å². The SMILES string of the molecule is CCN(C)C(=O)c1cccc(S(=O)(=O)N(Cc2ccccc2)c2ccc(Cl)cc2)c1. The van der Waals surface area contributed by atoms with Crippen molar-refractivity contribution >= 4 is 33.2 Å². The van der Waals surface area contributed by atoms with Crippen LogP contribution in [0.3, 0.4) is 0 Å². The molecule has 156 valence electrons. The Labute approximate surface area is 182 Å². The minimum Gasteiger partial charge on any atom is -0.342 e. The molecule has 0 spiro atoms. The summed E-state index contributed by atoms with van der Waals surface area (Å²) in [5.74, 6) is -0.226. The summed E-state index contributed by atoms with van der Waals surface area (Å²) < 4.78 is 28.5. The molecular formula is C23H23ClN2O3S. The van der Waals surface area contributed by atoms with Gasteiger partial charge in [-0.15, -0.1) is 0 Å². The Bertz CT molecular complexity index is 1120. The lowest BCUT2D eigenvalue weighted by atomic mass is 10.2. The number of nitrogens with zero attached hydrogens (tertiary/aromatic N) is 2. The monoisotopic (exact) mass is 442 g/mol. The van der Waals surface area contributed by atoms with Crippen LogP contribution in [0.4, 0.5) is 5.69 Å². The summed E-state index contributed by atoms with van der Waals surface area (Å²) >= 11 is 6.00. The van der Waals surface area contributed by atoms with Gasteiger partial charge in [0.2, 0.25) is 0 Å². The van der Waals surface area contributed by atoms with Gasteiger partial charge in [0.05, 0.1) is 17.1 Å². The van der Waals surface area contributed by atoms with Crippen LogP contribution in [0, 0.1) is 0 Å². The van der Waals surface area contributed by atoms with Gasteiger partial charge in [0, 0.05) is 24.2 Å². The fraction of sp³-hybridized carbons (Fsp3) is 0.174. The Hall–Kier alpha value is -2.83. The van der Waals surface area contributed by atoms with Crippen molar-refractivity contribution in [1.29, 1.82) is 0 Å². The number of hydrogen-bond donors (Lipinski definition) is 0. The number of benzene rings is 3. The normalized spacial score (nSPS) is 11.2. The molecule has 0 heterocycles. The topological polar surface area (TPSA) is 57.7 Å². The van der Waals surface area contributed by atoms with Crippen LogP contribution in [0.15, 0.2) is 83.8 Å². The molecule has 0 fully saturated rings. The quantitative estimate of drug-likeness (QED) is 0.526. The molecule has 30 heavy (non-hydrogen) atoms. The number of sulfonamides is 1. The second-order valence-corrected chi connectivity index (χ2v) is 9.12. The summed E-state index contributed by atoms with van der Waals surface area (Å²) in [7, 11) is -2.25. The molecule has 0 bridgehead atoms. The Kier molecular flexibility index (Phi) is 6.80. The second kappa shape index (κ2) is 9.32. The van der Waals surface area contributed by atoms with Crippen LogP contribution in [-0.2, 0) is 16.6 Å². The fourth-order valence-corrected chi connectivity index (χ4v) is 4.58. The van der Waals surface area contributed by atoms with Crippen LogP contribution in [0.2, 0.25) is 5.02 Å². The minimum atomic E-state index is -3.93. The highest BCUT2D eigenvalue weighted by molar-refractivity contribution is 7.92. The number of carbonyl (C=O) groups excluding carboxylic acids is 1. The van der Waals surface area contributed by atoms with Crippen LogP contribution >= 0.6 is 11.6 Å². The van der Waals surface area contributed by atoms with E-state index < -0.39 is 10.0 Å². The van der Waals surface area contributed by atoms with Gasteiger partial charge in [-0.3, -0.25) is 9.10 Å². The van der Waals surface area contributed by atoms with Crippen LogP contribution in [0.5, 0.6) is 0 Å². The number of rotatable bonds is 7. The maximum Gasteiger partial charge on any atom is 0.264 e. The standard InChI is InChI=1S/C23H23ClN2O3S/c1-3-25(2)23(27)19-10-7-11-22(16-19)30(28,29)26(17-18-8-5-4-6-9-18)21-14-12-20(24)13-15-21/h4-16H,3,17H2,1-2H3. The van der Waals surface area contributed by atoms with Gasteiger partial charge in [0.15, 0.2) is 0 Å². The van der Waals surface area contributed by atoms with Gasteiger partial charge < -0.3 is 4.90 Å². The molecule has 0 aromatic heterocycles. The number of hydrogen-bond acceptors (Lipinski definition) is 3. The van der Waals surface area contributed by atoms with Crippen molar-refractivity contribution in [2.75, 3.05) is 17.9 Å². The number of carbonyl (C=O) groups is 1. The molecule has 3 aromatic rings. The summed E-state index contributed by atoms with van der Waals surface area (Å²) in [6, 6.07) is 22.1. The van der Waals surface area contributed by atoms with Gasteiger partial charge in [-0.1, -0.05) is 48.0 Å². The average molecular weight is 443 g/mol. The first-order valence-electron chi connectivity index (χ1n) is 9.50. The molecule has 0 aliphatic carbocycles. The Morgan fingerprint density at radius 3 is 2.23 bits per heavy atom. The molecule has 0 aliphatic rings. The third kappa shape index (κ3) is 4.83. The van der Waals surface area contributed by atoms with Crippen LogP contribution in [-0.4, -0.2) is 32.8 Å². The summed E-state index contributed by atoms with van der Waals surface area (Å²) in [6.07, 6.45) is 0. The van der Waals surface area contributed by atoms with Crippen molar-refractivity contribution in [2.24, 2.45) is 0 Å². The third-order valence-corrected chi connectivity index (χ3v) is 6.80. The Morgan fingerprint density at radius 1 is 0.933 bits per heavy atom. The van der Waals surface area contributed by atoms with Crippen molar-refractivity contribution in [3.63, 3.8) is 0 Å². The van der Waals surface area contributed by atoms with Crippen molar-refractivity contribution < 1.29 is 13.2 Å². The molecule has 3 aromatic carbocycles. The van der Waals surface area contributed by atoms with Crippen molar-refractivity contribution in [3.05, 3.63) is 95.0 Å². The van der Waals surface area contributed by atoms with Crippen molar-refractivity contribution in [3.8, 4) is 0 Å². The zero-order valence-electron chi connectivity index (χ0n) is 16.8. The minimum absolute atomic E-state index is 0.0590. The molecule has 0 N–H and O–H groups in total. The fourth-order valence-electron chi connectivity index (χ4n) is 2.95. The predicted molar refractivity (Wildman–Crippen MR) is 120 cm³/mol. The summed E-state index contributed by atoms with van der Waals surface area (Å²) in [5, 5.41) is 0.519. The number of amides is 1. The van der Waals surface area contributed by atoms with Gasteiger partial charge >= 0.3 is 0 Å². The lowest BCUT2D eigenvalue weighted by Crippen LogP contribution is -2.31. The van der Waals surface area contributed by atoms with E-state index in [-0.39, 0.29) is 17.3 Å². The van der Waals surface area contributed by atoms with Gasteiger partial charge in [0.25, 0.3) is 15.9 Å². The highest BCUT2D eigenvalue weighted by Crippen LogP contribution is 2.28. The molecule has 7 heteroatoms. The van der Waals surface area contributed by atoms with Gasteiger partial charge in [-0.2, -0.15) is 0 Å². The van der Waals surface area contributed by atoms with E-state index in [0.29, 0.717) is 22.8 Å². The number of anilines is 1. The molecule has 0 saturated carbocycles. The number of halogens is 1. The zero-order chi connectivity index (χ0) is 21.7. The smallest absolute Gasteiger partial charge is 0.264 e. The molecule has 3 rings (SSSR count).